The fourth-order valence-corrected chi connectivity index (χ4v) is 4.42. The summed E-state index contributed by atoms with van der Waals surface area (Å²) in [6, 6.07) is 11.5. The molecule has 1 aliphatic heterocycles. The van der Waals surface area contributed by atoms with Gasteiger partial charge < -0.3 is 10.6 Å². The third-order valence-electron chi connectivity index (χ3n) is 6.24. The summed E-state index contributed by atoms with van der Waals surface area (Å²) < 4.78 is 45.8. The highest BCUT2D eigenvalue weighted by Crippen LogP contribution is 2.38. The van der Waals surface area contributed by atoms with Gasteiger partial charge in [-0.1, -0.05) is 17.3 Å². The molecule has 1 fully saturated rings. The van der Waals surface area contributed by atoms with E-state index in [4.69, 9.17) is 11.0 Å². The predicted molar refractivity (Wildman–Crippen MR) is 122 cm³/mol. The van der Waals surface area contributed by atoms with Crippen molar-refractivity contribution >= 4 is 16.9 Å². The van der Waals surface area contributed by atoms with Crippen LogP contribution in [0, 0.1) is 28.8 Å². The van der Waals surface area contributed by atoms with E-state index < -0.39 is 17.5 Å². The fourth-order valence-electron chi connectivity index (χ4n) is 4.42. The van der Waals surface area contributed by atoms with Crippen LogP contribution < -0.4 is 5.73 Å². The highest BCUT2D eigenvalue weighted by molar-refractivity contribution is 5.98. The third kappa shape index (κ3) is 3.80. The van der Waals surface area contributed by atoms with Crippen molar-refractivity contribution in [3.63, 3.8) is 0 Å². The number of nitrogens with two attached hydrogens (primary N) is 1. The minimum atomic E-state index is -1.12. The lowest BCUT2D eigenvalue weighted by molar-refractivity contribution is 0.0791. The molecule has 0 bridgehead atoms. The summed E-state index contributed by atoms with van der Waals surface area (Å²) in [4.78, 5) is 14.7. The molecule has 1 atom stereocenters. The fraction of sp³-hybridized carbons (Fsp3) is 0.200. The van der Waals surface area contributed by atoms with E-state index >= 15 is 4.39 Å². The lowest BCUT2D eigenvalue weighted by Gasteiger charge is -2.18. The summed E-state index contributed by atoms with van der Waals surface area (Å²) >= 11 is 0. The van der Waals surface area contributed by atoms with E-state index in [0.29, 0.717) is 36.2 Å². The molecular weight excluding hydrogens is 457 g/mol. The van der Waals surface area contributed by atoms with Crippen molar-refractivity contribution in [2.24, 2.45) is 12.8 Å². The van der Waals surface area contributed by atoms with Gasteiger partial charge >= 0.3 is 0 Å². The van der Waals surface area contributed by atoms with Crippen molar-refractivity contribution in [2.75, 3.05) is 13.1 Å². The first-order chi connectivity index (χ1) is 16.8. The molecule has 1 amide bonds. The van der Waals surface area contributed by atoms with Crippen molar-refractivity contribution in [2.45, 2.75) is 12.5 Å². The Labute approximate surface area is 198 Å². The molecule has 1 aliphatic rings. The minimum absolute atomic E-state index is 0.0885. The standard InChI is InChI=1S/C25H19F3N6O/c1-33-24-21(31-32-33)10-19(22(27)23(24)28)17-5-4-14(25(35)34-7-6-16(30)12-34)8-18(17)13-2-3-15(11-29)20(26)9-13/h2-5,8-10,16H,6-7,12,30H2,1H3/t16-/m0/s1. The Kier molecular flexibility index (Phi) is 5.49. The maximum absolute atomic E-state index is 15.3. The van der Waals surface area contributed by atoms with Crippen LogP contribution in [-0.4, -0.2) is 44.9 Å². The number of rotatable bonds is 3. The molecule has 0 unspecified atom stereocenters. The number of halogens is 3. The van der Waals surface area contributed by atoms with Gasteiger partial charge in [0.05, 0.1) is 5.56 Å². The molecule has 7 nitrogen and oxygen atoms in total. The first-order valence-electron chi connectivity index (χ1n) is 10.8. The summed E-state index contributed by atoms with van der Waals surface area (Å²) in [6.07, 6.45) is 0.681. The zero-order valence-corrected chi connectivity index (χ0v) is 18.6. The number of fused-ring (bicyclic) bond motifs is 1. The van der Waals surface area contributed by atoms with Crippen LogP contribution in [-0.2, 0) is 7.05 Å². The highest BCUT2D eigenvalue weighted by atomic mass is 19.2. The average Bonchev–Trinajstić information content (AvgIpc) is 3.46. The number of hydrogen-bond acceptors (Lipinski definition) is 5. The minimum Gasteiger partial charge on any atom is -0.337 e. The quantitative estimate of drug-likeness (QED) is 0.485. The Morgan fingerprint density at radius 2 is 1.89 bits per heavy atom. The smallest absolute Gasteiger partial charge is 0.253 e. The lowest BCUT2D eigenvalue weighted by Crippen LogP contribution is -2.31. The molecule has 1 aromatic heterocycles. The van der Waals surface area contributed by atoms with Gasteiger partial charge in [-0.3, -0.25) is 4.79 Å². The van der Waals surface area contributed by atoms with E-state index in [1.165, 1.54) is 43.4 Å². The van der Waals surface area contributed by atoms with Crippen molar-refractivity contribution in [1.29, 1.82) is 5.26 Å². The molecule has 10 heteroatoms. The summed E-state index contributed by atoms with van der Waals surface area (Å²) in [5.74, 6) is -3.28. The van der Waals surface area contributed by atoms with E-state index in [2.05, 4.69) is 10.3 Å². The number of nitriles is 1. The van der Waals surface area contributed by atoms with Crippen molar-refractivity contribution in [3.05, 3.63) is 71.0 Å². The van der Waals surface area contributed by atoms with Crippen LogP contribution in [0.2, 0.25) is 0 Å². The van der Waals surface area contributed by atoms with Gasteiger partial charge in [-0.15, -0.1) is 5.10 Å². The first-order valence-corrected chi connectivity index (χ1v) is 10.8. The van der Waals surface area contributed by atoms with Crippen molar-refractivity contribution < 1.29 is 18.0 Å². The normalized spacial score (nSPS) is 15.5. The number of benzene rings is 3. The lowest BCUT2D eigenvalue weighted by atomic mass is 9.91. The second-order valence-corrected chi connectivity index (χ2v) is 8.50. The monoisotopic (exact) mass is 476 g/mol. The molecular formula is C25H19F3N6O. The van der Waals surface area contributed by atoms with Crippen molar-refractivity contribution in [1.82, 2.24) is 19.9 Å². The van der Waals surface area contributed by atoms with Crippen LogP contribution in [0.4, 0.5) is 13.2 Å². The Balaban J connectivity index is 1.71. The second-order valence-electron chi connectivity index (χ2n) is 8.50. The molecule has 0 aliphatic carbocycles. The van der Waals surface area contributed by atoms with Crippen LogP contribution >= 0.6 is 0 Å². The highest BCUT2D eigenvalue weighted by Gasteiger charge is 2.26. The molecule has 176 valence electrons. The molecule has 0 saturated carbocycles. The van der Waals surface area contributed by atoms with Gasteiger partial charge in [0.1, 0.15) is 22.9 Å². The number of likely N-dealkylation sites (tertiary alicyclic amines) is 1. The second kappa shape index (κ2) is 8.52. The summed E-state index contributed by atoms with van der Waals surface area (Å²) in [7, 11) is 1.45. The Morgan fingerprint density at radius 1 is 1.09 bits per heavy atom. The SMILES string of the molecule is Cn1nnc2cc(-c3ccc(C(=O)N4CC[C@H](N)C4)cc3-c3ccc(C#N)c(F)c3)c(F)c(F)c21. The summed E-state index contributed by atoms with van der Waals surface area (Å²) in [5.41, 5.74) is 6.83. The molecule has 3 aromatic carbocycles. The zero-order valence-electron chi connectivity index (χ0n) is 18.6. The molecule has 0 spiro atoms. The maximum Gasteiger partial charge on any atom is 0.253 e. The van der Waals surface area contributed by atoms with Gasteiger partial charge in [0, 0.05) is 37.3 Å². The van der Waals surface area contributed by atoms with Crippen LogP contribution in [0.25, 0.3) is 33.3 Å². The van der Waals surface area contributed by atoms with E-state index in [1.54, 1.807) is 11.0 Å². The van der Waals surface area contributed by atoms with Crippen LogP contribution in [0.3, 0.4) is 0 Å². The van der Waals surface area contributed by atoms with Crippen LogP contribution in [0.5, 0.6) is 0 Å². The number of amides is 1. The number of hydrogen-bond donors (Lipinski definition) is 1. The largest absolute Gasteiger partial charge is 0.337 e. The van der Waals surface area contributed by atoms with Gasteiger partial charge in [0.15, 0.2) is 11.6 Å². The van der Waals surface area contributed by atoms with Crippen LogP contribution in [0.15, 0.2) is 42.5 Å². The zero-order chi connectivity index (χ0) is 24.9. The van der Waals surface area contributed by atoms with Gasteiger partial charge in [-0.05, 0) is 53.4 Å². The molecule has 1 saturated heterocycles. The molecule has 0 radical (unpaired) electrons. The number of aromatic nitrogens is 3. The van der Waals surface area contributed by atoms with Gasteiger partial charge in [0.25, 0.3) is 5.91 Å². The van der Waals surface area contributed by atoms with Gasteiger partial charge in [-0.25, -0.2) is 17.9 Å². The number of carbonyl (C=O) groups is 1. The molecule has 4 aromatic rings. The molecule has 35 heavy (non-hydrogen) atoms. The van der Waals surface area contributed by atoms with Crippen molar-refractivity contribution in [3.8, 4) is 28.3 Å². The van der Waals surface area contributed by atoms with E-state index in [1.807, 2.05) is 0 Å². The summed E-state index contributed by atoms with van der Waals surface area (Å²) in [6.45, 7) is 0.913. The summed E-state index contributed by atoms with van der Waals surface area (Å²) in [5, 5.41) is 16.7. The Morgan fingerprint density at radius 3 is 2.57 bits per heavy atom. The topological polar surface area (TPSA) is 101 Å². The first kappa shape index (κ1) is 22.6. The van der Waals surface area contributed by atoms with Gasteiger partial charge in [-0.2, -0.15) is 5.26 Å². The predicted octanol–water partition coefficient (Wildman–Crippen LogP) is 3.76. The molecule has 2 heterocycles. The maximum atomic E-state index is 15.3. The van der Waals surface area contributed by atoms with E-state index in [0.717, 1.165) is 10.7 Å². The third-order valence-corrected chi connectivity index (χ3v) is 6.24. The number of aryl methyl sites for hydroxylation is 1. The van der Waals surface area contributed by atoms with E-state index in [9.17, 15) is 13.6 Å². The number of carbonyl (C=O) groups excluding carboxylic acids is 1. The van der Waals surface area contributed by atoms with Gasteiger partial charge in [0.2, 0.25) is 0 Å². The average molecular weight is 476 g/mol. The van der Waals surface area contributed by atoms with E-state index in [-0.39, 0.29) is 39.7 Å². The molecule has 5 rings (SSSR count). The van der Waals surface area contributed by atoms with Crippen LogP contribution in [0.1, 0.15) is 22.3 Å². The molecule has 2 N–H and O–H groups in total. The Bertz CT molecular complexity index is 1540. The Hall–Kier alpha value is -4.23. The number of nitrogens with zero attached hydrogens (tertiary/aromatic N) is 5.